The number of sulfonamides is 1. The minimum Gasteiger partial charge on any atom is -0.449 e. The van der Waals surface area contributed by atoms with Crippen molar-refractivity contribution in [3.63, 3.8) is 0 Å². The van der Waals surface area contributed by atoms with Gasteiger partial charge in [-0.2, -0.15) is 4.31 Å². The van der Waals surface area contributed by atoms with Crippen molar-refractivity contribution in [1.82, 2.24) is 9.21 Å². The molecular formula is C24H27ClN2O5S. The summed E-state index contributed by atoms with van der Waals surface area (Å²) < 4.78 is 32.8. The second-order valence-corrected chi connectivity index (χ2v) is 10.8. The number of hydrogen-bond donors (Lipinski definition) is 0. The van der Waals surface area contributed by atoms with E-state index in [1.54, 1.807) is 4.90 Å². The second kappa shape index (κ2) is 9.83. The standard InChI is InChI=1S/C24H27ClN2O5S/c1-17(23(28)26-14-11-18-7-3-4-8-19(18)16-26)32-24(29)21-15-20(9-10-22(21)25)33(30,31)27-12-5-2-6-13-27/h3-4,7-10,15,17H,2,5-6,11-14,16H2,1H3/t17-/m0/s1. The first kappa shape index (κ1) is 23.7. The van der Waals surface area contributed by atoms with Crippen molar-refractivity contribution in [3.05, 3.63) is 64.2 Å². The number of benzene rings is 2. The van der Waals surface area contributed by atoms with E-state index in [-0.39, 0.29) is 21.4 Å². The molecule has 0 radical (unpaired) electrons. The monoisotopic (exact) mass is 490 g/mol. The van der Waals surface area contributed by atoms with Gasteiger partial charge in [0.25, 0.3) is 5.91 Å². The minimum atomic E-state index is -3.73. The molecule has 2 heterocycles. The smallest absolute Gasteiger partial charge is 0.340 e. The molecule has 2 aromatic rings. The van der Waals surface area contributed by atoms with Crippen molar-refractivity contribution in [2.75, 3.05) is 19.6 Å². The van der Waals surface area contributed by atoms with Gasteiger partial charge in [-0.15, -0.1) is 0 Å². The van der Waals surface area contributed by atoms with Crippen LogP contribution in [0.3, 0.4) is 0 Å². The summed E-state index contributed by atoms with van der Waals surface area (Å²) in [5, 5.41) is 0.0733. The van der Waals surface area contributed by atoms with Gasteiger partial charge in [-0.1, -0.05) is 42.3 Å². The van der Waals surface area contributed by atoms with E-state index < -0.39 is 22.1 Å². The van der Waals surface area contributed by atoms with Gasteiger partial charge in [0, 0.05) is 26.2 Å². The predicted molar refractivity (Wildman–Crippen MR) is 125 cm³/mol. The van der Waals surface area contributed by atoms with E-state index in [1.807, 2.05) is 24.3 Å². The topological polar surface area (TPSA) is 84.0 Å². The summed E-state index contributed by atoms with van der Waals surface area (Å²) in [4.78, 5) is 27.4. The van der Waals surface area contributed by atoms with Crippen LogP contribution in [0, 0.1) is 0 Å². The lowest BCUT2D eigenvalue weighted by molar-refractivity contribution is -0.140. The molecule has 0 aromatic heterocycles. The average molecular weight is 491 g/mol. The summed E-state index contributed by atoms with van der Waals surface area (Å²) in [7, 11) is -3.73. The first-order valence-corrected chi connectivity index (χ1v) is 13.0. The fraction of sp³-hybridized carbons (Fsp3) is 0.417. The predicted octanol–water partition coefficient (Wildman–Crippen LogP) is 3.64. The zero-order chi connectivity index (χ0) is 23.6. The van der Waals surface area contributed by atoms with Gasteiger partial charge in [-0.05, 0) is 55.5 Å². The lowest BCUT2D eigenvalue weighted by atomic mass is 9.99. The highest BCUT2D eigenvalue weighted by molar-refractivity contribution is 7.89. The van der Waals surface area contributed by atoms with E-state index in [2.05, 4.69) is 0 Å². The van der Waals surface area contributed by atoms with Crippen molar-refractivity contribution in [2.24, 2.45) is 0 Å². The normalized spacial score (nSPS) is 17.8. The molecular weight excluding hydrogens is 464 g/mol. The largest absolute Gasteiger partial charge is 0.449 e. The molecule has 9 heteroatoms. The highest BCUT2D eigenvalue weighted by atomic mass is 35.5. The van der Waals surface area contributed by atoms with Gasteiger partial charge in [0.15, 0.2) is 6.10 Å². The van der Waals surface area contributed by atoms with E-state index in [9.17, 15) is 18.0 Å². The van der Waals surface area contributed by atoms with Crippen LogP contribution in [0.5, 0.6) is 0 Å². The van der Waals surface area contributed by atoms with Gasteiger partial charge >= 0.3 is 5.97 Å². The molecule has 1 amide bonds. The fourth-order valence-corrected chi connectivity index (χ4v) is 6.03. The summed E-state index contributed by atoms with van der Waals surface area (Å²) in [5.74, 6) is -1.12. The summed E-state index contributed by atoms with van der Waals surface area (Å²) in [6.07, 6.45) is 2.33. The number of carbonyl (C=O) groups is 2. The van der Waals surface area contributed by atoms with Crippen molar-refractivity contribution < 1.29 is 22.7 Å². The first-order valence-electron chi connectivity index (χ1n) is 11.1. The third-order valence-electron chi connectivity index (χ3n) is 6.18. The molecule has 2 aliphatic heterocycles. The van der Waals surface area contributed by atoms with Crippen molar-refractivity contribution in [1.29, 1.82) is 0 Å². The molecule has 0 bridgehead atoms. The molecule has 0 saturated carbocycles. The van der Waals surface area contributed by atoms with Crippen molar-refractivity contribution in [3.8, 4) is 0 Å². The number of amides is 1. The Labute approximate surface area is 199 Å². The molecule has 0 unspecified atom stereocenters. The Morgan fingerprint density at radius 1 is 1.00 bits per heavy atom. The van der Waals surface area contributed by atoms with Crippen LogP contribution in [0.15, 0.2) is 47.4 Å². The maximum atomic E-state index is 13.0. The van der Waals surface area contributed by atoms with Gasteiger partial charge in [0.2, 0.25) is 10.0 Å². The fourth-order valence-electron chi connectivity index (χ4n) is 4.29. The summed E-state index contributed by atoms with van der Waals surface area (Å²) >= 11 is 6.19. The minimum absolute atomic E-state index is 0.00707. The van der Waals surface area contributed by atoms with Crippen LogP contribution >= 0.6 is 11.6 Å². The summed E-state index contributed by atoms with van der Waals surface area (Å²) in [5.41, 5.74) is 2.22. The third-order valence-corrected chi connectivity index (χ3v) is 8.41. The zero-order valence-electron chi connectivity index (χ0n) is 18.5. The van der Waals surface area contributed by atoms with Crippen LogP contribution in [-0.4, -0.2) is 55.2 Å². The van der Waals surface area contributed by atoms with E-state index in [4.69, 9.17) is 16.3 Å². The van der Waals surface area contributed by atoms with Gasteiger partial charge in [0.05, 0.1) is 15.5 Å². The molecule has 1 atom stereocenters. The SMILES string of the molecule is C[C@H](OC(=O)c1cc(S(=O)(=O)N2CCCCC2)ccc1Cl)C(=O)N1CCc2ccccc2C1. The highest BCUT2D eigenvalue weighted by Crippen LogP contribution is 2.26. The van der Waals surface area contributed by atoms with Crippen LogP contribution in [0.1, 0.15) is 47.7 Å². The Balaban J connectivity index is 1.47. The Hall–Kier alpha value is -2.42. The maximum absolute atomic E-state index is 13.0. The van der Waals surface area contributed by atoms with Gasteiger partial charge in [0.1, 0.15) is 0 Å². The molecule has 1 fully saturated rings. The molecule has 1 saturated heterocycles. The third kappa shape index (κ3) is 5.08. The highest BCUT2D eigenvalue weighted by Gasteiger charge is 2.30. The number of piperidine rings is 1. The summed E-state index contributed by atoms with van der Waals surface area (Å²) in [6.45, 7) is 3.43. The molecule has 33 heavy (non-hydrogen) atoms. The quantitative estimate of drug-likeness (QED) is 0.597. The number of rotatable bonds is 5. The molecule has 2 aliphatic rings. The Kier molecular flexibility index (Phi) is 7.07. The number of fused-ring (bicyclic) bond motifs is 1. The number of nitrogens with zero attached hydrogens (tertiary/aromatic N) is 2. The molecule has 2 aromatic carbocycles. The molecule has 176 valence electrons. The molecule has 7 nitrogen and oxygen atoms in total. The van der Waals surface area contributed by atoms with Crippen molar-refractivity contribution in [2.45, 2.75) is 50.2 Å². The zero-order valence-corrected chi connectivity index (χ0v) is 20.1. The maximum Gasteiger partial charge on any atom is 0.340 e. The lowest BCUT2D eigenvalue weighted by Crippen LogP contribution is -2.42. The van der Waals surface area contributed by atoms with Gasteiger partial charge in [-0.25, -0.2) is 13.2 Å². The van der Waals surface area contributed by atoms with Crippen molar-refractivity contribution >= 4 is 33.5 Å². The number of halogens is 1. The van der Waals surface area contributed by atoms with Crippen LogP contribution in [-0.2, 0) is 32.5 Å². The van der Waals surface area contributed by atoms with Crippen LogP contribution in [0.2, 0.25) is 5.02 Å². The van der Waals surface area contributed by atoms with Crippen LogP contribution < -0.4 is 0 Å². The van der Waals surface area contributed by atoms with E-state index >= 15 is 0 Å². The Bertz CT molecular complexity index is 1160. The molecule has 0 aliphatic carbocycles. The number of esters is 1. The van der Waals surface area contributed by atoms with Crippen LogP contribution in [0.25, 0.3) is 0 Å². The Morgan fingerprint density at radius 3 is 2.42 bits per heavy atom. The molecule has 0 spiro atoms. The summed E-state index contributed by atoms with van der Waals surface area (Å²) in [6, 6.07) is 12.0. The van der Waals surface area contributed by atoms with Gasteiger partial charge in [-0.3, -0.25) is 4.79 Å². The van der Waals surface area contributed by atoms with E-state index in [1.165, 1.54) is 35.0 Å². The van der Waals surface area contributed by atoms with E-state index in [0.29, 0.717) is 26.2 Å². The molecule has 4 rings (SSSR count). The number of carbonyl (C=O) groups excluding carboxylic acids is 2. The second-order valence-electron chi connectivity index (χ2n) is 8.43. The van der Waals surface area contributed by atoms with Crippen LogP contribution in [0.4, 0.5) is 0 Å². The Morgan fingerprint density at radius 2 is 1.70 bits per heavy atom. The average Bonchev–Trinajstić information content (AvgIpc) is 2.83. The number of hydrogen-bond acceptors (Lipinski definition) is 5. The molecule has 0 N–H and O–H groups in total. The van der Waals surface area contributed by atoms with Gasteiger partial charge < -0.3 is 9.64 Å². The lowest BCUT2D eigenvalue weighted by Gasteiger charge is -2.30. The van der Waals surface area contributed by atoms with E-state index in [0.717, 1.165) is 31.2 Å². The first-order chi connectivity index (χ1) is 15.8. The number of ether oxygens (including phenoxy) is 1.